The fraction of sp³-hybridized carbons (Fsp3) is 0.333. The number of hydrogen-bond donors (Lipinski definition) is 2. The van der Waals surface area contributed by atoms with Gasteiger partial charge in [-0.15, -0.1) is 0 Å². The molecule has 0 amide bonds. The molecule has 0 bridgehead atoms. The maximum Gasteiger partial charge on any atom is 0.257 e. The first kappa shape index (κ1) is 7.75. The molecule has 1 fully saturated rings. The third kappa shape index (κ3) is 0.927. The van der Waals surface area contributed by atoms with E-state index in [2.05, 4.69) is 15.5 Å². The monoisotopic (exact) mass is 190 g/mol. The first-order valence-corrected chi connectivity index (χ1v) is 4.63. The number of nitrogens with one attached hydrogen (secondary N) is 2. The molecule has 0 aliphatic carbocycles. The topological polar surface area (TPSA) is 62.2 Å². The molecule has 1 aliphatic rings. The standard InChI is InChI=1S/C9H10N4O/c14-8-3-1-2-7-11-12-9(13(7)8)6-4-10-5-6/h1-3,6,10-11H,4-5H2. The molecule has 5 heteroatoms. The van der Waals surface area contributed by atoms with Gasteiger partial charge in [-0.2, -0.15) is 5.10 Å². The Bertz CT molecular complexity index is 523. The smallest absolute Gasteiger partial charge is 0.257 e. The van der Waals surface area contributed by atoms with Crippen molar-refractivity contribution in [2.24, 2.45) is 0 Å². The predicted molar refractivity (Wildman–Crippen MR) is 51.4 cm³/mol. The van der Waals surface area contributed by atoms with Gasteiger partial charge in [0, 0.05) is 25.1 Å². The Morgan fingerprint density at radius 1 is 1.43 bits per heavy atom. The maximum absolute atomic E-state index is 11.6. The van der Waals surface area contributed by atoms with E-state index in [-0.39, 0.29) is 5.56 Å². The molecule has 0 unspecified atom stereocenters. The van der Waals surface area contributed by atoms with Crippen molar-refractivity contribution in [3.8, 4) is 0 Å². The van der Waals surface area contributed by atoms with Crippen LogP contribution in [0.1, 0.15) is 11.7 Å². The van der Waals surface area contributed by atoms with Crippen LogP contribution >= 0.6 is 0 Å². The second kappa shape index (κ2) is 2.68. The SMILES string of the molecule is O=c1cccc2[nH]nc(C3CNC3)n12. The van der Waals surface area contributed by atoms with Gasteiger partial charge < -0.3 is 5.32 Å². The number of rotatable bonds is 1. The number of hydrogen-bond acceptors (Lipinski definition) is 3. The minimum Gasteiger partial charge on any atom is -0.315 e. The lowest BCUT2D eigenvalue weighted by molar-refractivity contribution is 0.426. The average molecular weight is 190 g/mol. The Kier molecular flexibility index (Phi) is 1.49. The van der Waals surface area contributed by atoms with Crippen molar-refractivity contribution < 1.29 is 0 Å². The van der Waals surface area contributed by atoms with E-state index < -0.39 is 0 Å². The number of H-pyrrole nitrogens is 1. The van der Waals surface area contributed by atoms with Crippen molar-refractivity contribution in [3.63, 3.8) is 0 Å². The Hall–Kier alpha value is -1.62. The van der Waals surface area contributed by atoms with E-state index in [0.29, 0.717) is 5.92 Å². The van der Waals surface area contributed by atoms with Crippen molar-refractivity contribution >= 4 is 5.65 Å². The molecule has 5 nitrogen and oxygen atoms in total. The fourth-order valence-electron chi connectivity index (χ4n) is 1.72. The highest BCUT2D eigenvalue weighted by molar-refractivity contribution is 5.38. The van der Waals surface area contributed by atoms with Crippen molar-refractivity contribution in [1.82, 2.24) is 19.9 Å². The Balaban J connectivity index is 2.28. The summed E-state index contributed by atoms with van der Waals surface area (Å²) in [5.41, 5.74) is 0.748. The minimum absolute atomic E-state index is 0.0156. The summed E-state index contributed by atoms with van der Waals surface area (Å²) >= 11 is 0. The van der Waals surface area contributed by atoms with Crippen LogP contribution in [0.4, 0.5) is 0 Å². The molecule has 3 rings (SSSR count). The number of nitrogens with zero attached hydrogens (tertiary/aromatic N) is 2. The Labute approximate surface area is 79.8 Å². The third-order valence-corrected chi connectivity index (χ3v) is 2.61. The molecule has 2 aromatic heterocycles. The third-order valence-electron chi connectivity index (χ3n) is 2.61. The molecule has 2 aromatic rings. The molecule has 2 N–H and O–H groups in total. The van der Waals surface area contributed by atoms with Gasteiger partial charge in [0.2, 0.25) is 0 Å². The van der Waals surface area contributed by atoms with E-state index >= 15 is 0 Å². The first-order valence-electron chi connectivity index (χ1n) is 4.63. The molecule has 0 aromatic carbocycles. The summed E-state index contributed by atoms with van der Waals surface area (Å²) < 4.78 is 1.64. The second-order valence-corrected chi connectivity index (χ2v) is 3.52. The summed E-state index contributed by atoms with van der Waals surface area (Å²) in [5, 5.41) is 10.2. The highest BCUT2D eigenvalue weighted by atomic mass is 16.1. The minimum atomic E-state index is -0.0156. The van der Waals surface area contributed by atoms with Gasteiger partial charge in [-0.1, -0.05) is 6.07 Å². The van der Waals surface area contributed by atoms with Crippen molar-refractivity contribution in [2.45, 2.75) is 5.92 Å². The Morgan fingerprint density at radius 2 is 2.29 bits per heavy atom. The van der Waals surface area contributed by atoms with Crippen molar-refractivity contribution in [1.29, 1.82) is 0 Å². The van der Waals surface area contributed by atoms with E-state index in [4.69, 9.17) is 0 Å². The van der Waals surface area contributed by atoms with Crippen molar-refractivity contribution in [3.05, 3.63) is 34.4 Å². The van der Waals surface area contributed by atoms with Crippen LogP contribution in [0.15, 0.2) is 23.0 Å². The summed E-state index contributed by atoms with van der Waals surface area (Å²) in [4.78, 5) is 11.6. The summed E-state index contributed by atoms with van der Waals surface area (Å²) in [5.74, 6) is 1.20. The molecule has 72 valence electrons. The first-order chi connectivity index (χ1) is 6.86. The van der Waals surface area contributed by atoms with Crippen LogP contribution in [0, 0.1) is 0 Å². The lowest BCUT2D eigenvalue weighted by Gasteiger charge is -2.24. The fourth-order valence-corrected chi connectivity index (χ4v) is 1.72. The molecular formula is C9H10N4O. The van der Waals surface area contributed by atoms with Crippen LogP contribution < -0.4 is 10.9 Å². The molecule has 1 saturated heterocycles. The lowest BCUT2D eigenvalue weighted by atomic mass is 10.0. The molecular weight excluding hydrogens is 180 g/mol. The van der Waals surface area contributed by atoms with E-state index in [1.54, 1.807) is 16.5 Å². The highest BCUT2D eigenvalue weighted by Crippen LogP contribution is 2.16. The van der Waals surface area contributed by atoms with E-state index in [0.717, 1.165) is 24.6 Å². The maximum atomic E-state index is 11.6. The molecule has 0 atom stereocenters. The van der Waals surface area contributed by atoms with Crippen LogP contribution in [0.3, 0.4) is 0 Å². The van der Waals surface area contributed by atoms with Crippen LogP contribution in [0.25, 0.3) is 5.65 Å². The normalized spacial score (nSPS) is 17.1. The Morgan fingerprint density at radius 3 is 3.00 bits per heavy atom. The number of aromatic amines is 1. The van der Waals surface area contributed by atoms with Crippen LogP contribution in [-0.4, -0.2) is 27.7 Å². The number of pyridine rings is 1. The predicted octanol–water partition coefficient (Wildman–Crippen LogP) is -0.291. The van der Waals surface area contributed by atoms with Crippen molar-refractivity contribution in [2.75, 3.05) is 13.1 Å². The molecule has 1 aliphatic heterocycles. The van der Waals surface area contributed by atoms with Crippen LogP contribution in [0.2, 0.25) is 0 Å². The zero-order valence-corrected chi connectivity index (χ0v) is 7.53. The van der Waals surface area contributed by atoms with Gasteiger partial charge >= 0.3 is 0 Å². The molecule has 0 radical (unpaired) electrons. The van der Waals surface area contributed by atoms with Gasteiger partial charge in [-0.25, -0.2) is 4.40 Å². The zero-order valence-electron chi connectivity index (χ0n) is 7.53. The average Bonchev–Trinajstić information content (AvgIpc) is 2.47. The summed E-state index contributed by atoms with van der Waals surface area (Å²) in [6.07, 6.45) is 0. The van der Waals surface area contributed by atoms with Gasteiger partial charge in [0.05, 0.1) is 0 Å². The van der Waals surface area contributed by atoms with Crippen LogP contribution in [0.5, 0.6) is 0 Å². The van der Waals surface area contributed by atoms with E-state index in [1.807, 2.05) is 6.07 Å². The lowest BCUT2D eigenvalue weighted by Crippen LogP contribution is -2.41. The molecule has 0 saturated carbocycles. The summed E-state index contributed by atoms with van der Waals surface area (Å²) in [6, 6.07) is 5.14. The highest BCUT2D eigenvalue weighted by Gasteiger charge is 2.24. The quantitative estimate of drug-likeness (QED) is 0.649. The molecule has 0 spiro atoms. The van der Waals surface area contributed by atoms with E-state index in [9.17, 15) is 4.79 Å². The molecule has 3 heterocycles. The van der Waals surface area contributed by atoms with Gasteiger partial charge in [0.15, 0.2) is 0 Å². The summed E-state index contributed by atoms with van der Waals surface area (Å²) in [6.45, 7) is 1.81. The largest absolute Gasteiger partial charge is 0.315 e. The number of aromatic nitrogens is 3. The van der Waals surface area contributed by atoms with Gasteiger partial charge in [-0.05, 0) is 6.07 Å². The zero-order chi connectivity index (χ0) is 9.54. The van der Waals surface area contributed by atoms with E-state index in [1.165, 1.54) is 0 Å². The van der Waals surface area contributed by atoms with Gasteiger partial charge in [0.1, 0.15) is 11.5 Å². The second-order valence-electron chi connectivity index (χ2n) is 3.52. The molecule has 14 heavy (non-hydrogen) atoms. The summed E-state index contributed by atoms with van der Waals surface area (Å²) in [7, 11) is 0. The van der Waals surface area contributed by atoms with Gasteiger partial charge in [0.25, 0.3) is 5.56 Å². The number of fused-ring (bicyclic) bond motifs is 1. The van der Waals surface area contributed by atoms with Gasteiger partial charge in [-0.3, -0.25) is 9.89 Å². The van der Waals surface area contributed by atoms with Crippen LogP contribution in [-0.2, 0) is 0 Å².